The second kappa shape index (κ2) is 15.8. The molecule has 7 rings (SSSR count). The number of carbonyl (C=O) groups excluding carboxylic acids is 3. The Hall–Kier alpha value is -5.62. The summed E-state index contributed by atoms with van der Waals surface area (Å²) < 4.78 is 2.14. The van der Waals surface area contributed by atoms with E-state index in [4.69, 9.17) is 10.1 Å². The maximum absolute atomic E-state index is 14.2. The molecule has 2 saturated carbocycles. The van der Waals surface area contributed by atoms with Crippen molar-refractivity contribution in [3.63, 3.8) is 0 Å². The first-order valence-electron chi connectivity index (χ1n) is 18.9. The number of fused-ring (bicyclic) bond motifs is 5. The number of benzene rings is 2. The smallest absolute Gasteiger partial charge is 0.328 e. The van der Waals surface area contributed by atoms with E-state index in [0.717, 1.165) is 66.9 Å². The molecule has 12 nitrogen and oxygen atoms in total. The average molecular weight is 730 g/mol. The Bertz CT molecular complexity index is 2140. The van der Waals surface area contributed by atoms with Crippen molar-refractivity contribution in [1.29, 1.82) is 0 Å². The topological polar surface area (TPSA) is 159 Å². The van der Waals surface area contributed by atoms with Crippen molar-refractivity contribution in [3.05, 3.63) is 88.9 Å². The number of rotatable bonds is 11. The third kappa shape index (κ3) is 7.70. The van der Waals surface area contributed by atoms with Crippen LogP contribution in [0.25, 0.3) is 34.4 Å². The molecule has 3 aliphatic rings. The zero-order chi connectivity index (χ0) is 37.8. The Kier molecular flexibility index (Phi) is 10.7. The van der Waals surface area contributed by atoms with Crippen LogP contribution in [0, 0.1) is 0 Å². The number of hydrogen-bond acceptors (Lipinski definition) is 7. The van der Waals surface area contributed by atoms with Gasteiger partial charge >= 0.3 is 5.97 Å². The summed E-state index contributed by atoms with van der Waals surface area (Å²) in [6.45, 7) is 1.49. The number of hydrogen-bond donors (Lipinski definition) is 4. The van der Waals surface area contributed by atoms with Crippen LogP contribution in [0.3, 0.4) is 0 Å². The van der Waals surface area contributed by atoms with E-state index in [1.54, 1.807) is 36.7 Å². The molecular formula is C42H47N7O5. The number of nitrogens with one attached hydrogen (secondary N) is 3. The normalized spacial score (nSPS) is 16.8. The summed E-state index contributed by atoms with van der Waals surface area (Å²) in [7, 11) is 3.93. The molecule has 0 radical (unpaired) electrons. The molecule has 4 N–H and O–H groups in total. The molecule has 0 spiro atoms. The second-order valence-electron chi connectivity index (χ2n) is 14.9. The van der Waals surface area contributed by atoms with Crippen LogP contribution in [0.15, 0.2) is 66.5 Å². The van der Waals surface area contributed by atoms with E-state index in [1.807, 2.05) is 43.3 Å². The highest BCUT2D eigenvalue weighted by Crippen LogP contribution is 2.46. The molecule has 3 amide bonds. The first kappa shape index (κ1) is 36.7. The molecule has 2 fully saturated rings. The molecule has 2 aliphatic carbocycles. The minimum Gasteiger partial charge on any atom is -0.478 e. The molecule has 0 bridgehead atoms. The monoisotopic (exact) mass is 729 g/mol. The Labute approximate surface area is 314 Å². The number of likely N-dealkylation sites (N-methyl/N-ethyl adjacent to an activating group) is 1. The van der Waals surface area contributed by atoms with E-state index >= 15 is 0 Å². The predicted octanol–water partition coefficient (Wildman–Crippen LogP) is 6.00. The molecule has 0 unspecified atom stereocenters. The van der Waals surface area contributed by atoms with Gasteiger partial charge in [0.05, 0.1) is 17.9 Å². The molecule has 1 aliphatic heterocycles. The van der Waals surface area contributed by atoms with E-state index in [2.05, 4.69) is 25.5 Å². The van der Waals surface area contributed by atoms with Crippen molar-refractivity contribution in [3.8, 4) is 11.4 Å². The molecule has 0 atom stereocenters. The molecule has 2 aromatic heterocycles. The zero-order valence-corrected chi connectivity index (χ0v) is 30.9. The highest BCUT2D eigenvalue weighted by molar-refractivity contribution is 6.06. The highest BCUT2D eigenvalue weighted by atomic mass is 16.4. The lowest BCUT2D eigenvalue weighted by atomic mass is 9.82. The summed E-state index contributed by atoms with van der Waals surface area (Å²) in [5.41, 5.74) is 5.48. The standard InChI is InChI=1S/C42H47N7O5/c1-48(2)23-22-45-39(52)30-24-33-37(44-21-20-43-33)38-36(28-8-4-3-5-9-28)32-16-13-29(25-34(32)49(38)26-30)40(53)47-42(18-6-7-19-42)41(54)46-31-14-10-27(11-15-31)12-17-35(50)51/h10-17,20-21,24-25,28H,3-9,18-19,22-23,26H2,1-2H3,(H,45,52)(H,46,54)(H,47,53)(H,50,51). The van der Waals surface area contributed by atoms with Crippen molar-refractivity contribution >= 4 is 52.4 Å². The average Bonchev–Trinajstić information content (AvgIpc) is 3.72. The van der Waals surface area contributed by atoms with Gasteiger partial charge in [-0.15, -0.1) is 0 Å². The predicted molar refractivity (Wildman–Crippen MR) is 209 cm³/mol. The van der Waals surface area contributed by atoms with Crippen molar-refractivity contribution in [2.24, 2.45) is 0 Å². The van der Waals surface area contributed by atoms with Crippen molar-refractivity contribution in [1.82, 2.24) is 30.1 Å². The lowest BCUT2D eigenvalue weighted by Crippen LogP contribution is -2.55. The van der Waals surface area contributed by atoms with Crippen LogP contribution in [-0.2, 0) is 20.9 Å². The van der Waals surface area contributed by atoms with Crippen molar-refractivity contribution in [2.45, 2.75) is 75.8 Å². The minimum atomic E-state index is -1.09. The fourth-order valence-corrected chi connectivity index (χ4v) is 8.18. The lowest BCUT2D eigenvalue weighted by Gasteiger charge is -2.29. The van der Waals surface area contributed by atoms with E-state index in [0.29, 0.717) is 59.9 Å². The molecule has 2 aromatic carbocycles. The quantitative estimate of drug-likeness (QED) is 0.137. The number of carboxylic acids is 1. The van der Waals surface area contributed by atoms with Gasteiger partial charge < -0.3 is 30.5 Å². The van der Waals surface area contributed by atoms with Gasteiger partial charge in [-0.1, -0.05) is 50.3 Å². The Balaban J connectivity index is 1.23. The number of anilines is 1. The minimum absolute atomic E-state index is 0.170. The number of amides is 3. The Morgan fingerprint density at radius 1 is 0.944 bits per heavy atom. The van der Waals surface area contributed by atoms with Gasteiger partial charge in [0.1, 0.15) is 11.2 Å². The van der Waals surface area contributed by atoms with Crippen LogP contribution in [0.2, 0.25) is 0 Å². The van der Waals surface area contributed by atoms with E-state index in [1.165, 1.54) is 18.1 Å². The molecule has 12 heteroatoms. The summed E-state index contributed by atoms with van der Waals surface area (Å²) in [5.74, 6) is -1.54. The van der Waals surface area contributed by atoms with Gasteiger partial charge in [0, 0.05) is 59.3 Å². The summed E-state index contributed by atoms with van der Waals surface area (Å²) in [4.78, 5) is 64.2. The number of carbonyl (C=O) groups is 4. The molecule has 280 valence electrons. The third-order valence-corrected chi connectivity index (χ3v) is 10.9. The van der Waals surface area contributed by atoms with Gasteiger partial charge in [-0.2, -0.15) is 0 Å². The molecular weight excluding hydrogens is 683 g/mol. The maximum atomic E-state index is 14.2. The number of carboxylic acid groups (broad SMARTS) is 1. The highest BCUT2D eigenvalue weighted by Gasteiger charge is 2.43. The van der Waals surface area contributed by atoms with E-state index in [9.17, 15) is 19.2 Å². The summed E-state index contributed by atoms with van der Waals surface area (Å²) >= 11 is 0. The lowest BCUT2D eigenvalue weighted by molar-refractivity contribution is -0.131. The van der Waals surface area contributed by atoms with Crippen LogP contribution in [0.1, 0.15) is 90.9 Å². The Morgan fingerprint density at radius 2 is 1.69 bits per heavy atom. The number of nitrogens with zero attached hydrogens (tertiary/aromatic N) is 4. The zero-order valence-electron chi connectivity index (χ0n) is 30.9. The van der Waals surface area contributed by atoms with Crippen LogP contribution >= 0.6 is 0 Å². The Morgan fingerprint density at radius 3 is 2.41 bits per heavy atom. The maximum Gasteiger partial charge on any atom is 0.328 e. The van der Waals surface area contributed by atoms with Crippen LogP contribution in [0.4, 0.5) is 5.69 Å². The molecule has 54 heavy (non-hydrogen) atoms. The SMILES string of the molecule is CN(C)CCNC(=O)C1=Cc2nccnc2-c2c(C3CCCCC3)c3ccc(C(=O)NC4(C(=O)Nc5ccc(C=CC(=O)O)cc5)CCCC4)cc3n2C1. The van der Waals surface area contributed by atoms with Gasteiger partial charge in [0.2, 0.25) is 11.8 Å². The van der Waals surface area contributed by atoms with E-state index in [-0.39, 0.29) is 24.3 Å². The fraction of sp³-hybridized carbons (Fsp3) is 0.381. The van der Waals surface area contributed by atoms with Gasteiger partial charge in [-0.25, -0.2) is 4.79 Å². The second-order valence-corrected chi connectivity index (χ2v) is 14.9. The van der Waals surface area contributed by atoms with Crippen LogP contribution in [0.5, 0.6) is 0 Å². The van der Waals surface area contributed by atoms with E-state index < -0.39 is 11.5 Å². The van der Waals surface area contributed by atoms with Gasteiger partial charge in [-0.05, 0) is 93.2 Å². The van der Waals surface area contributed by atoms with Crippen molar-refractivity contribution < 1.29 is 24.3 Å². The summed E-state index contributed by atoms with van der Waals surface area (Å²) in [6, 6.07) is 12.6. The number of aliphatic carboxylic acids is 1. The number of aromatic nitrogens is 3. The molecule has 0 saturated heterocycles. The van der Waals surface area contributed by atoms with Gasteiger partial charge in [0.15, 0.2) is 0 Å². The summed E-state index contributed by atoms with van der Waals surface area (Å²) in [5, 5.41) is 19.1. The fourth-order valence-electron chi connectivity index (χ4n) is 8.18. The third-order valence-electron chi connectivity index (χ3n) is 10.9. The molecule has 3 heterocycles. The first-order valence-corrected chi connectivity index (χ1v) is 18.9. The van der Waals surface area contributed by atoms with Gasteiger partial charge in [-0.3, -0.25) is 24.4 Å². The summed E-state index contributed by atoms with van der Waals surface area (Å²) in [6.07, 6.45) is 15.9. The van der Waals surface area contributed by atoms with Crippen molar-refractivity contribution in [2.75, 3.05) is 32.5 Å². The van der Waals surface area contributed by atoms with Crippen LogP contribution < -0.4 is 16.0 Å². The molecule has 4 aromatic rings. The largest absolute Gasteiger partial charge is 0.478 e. The van der Waals surface area contributed by atoms with Crippen LogP contribution in [-0.4, -0.2) is 81.0 Å². The first-order chi connectivity index (χ1) is 26.1. The van der Waals surface area contributed by atoms with Gasteiger partial charge in [0.25, 0.3) is 5.91 Å².